The third kappa shape index (κ3) is 10.2. The lowest BCUT2D eigenvalue weighted by atomic mass is 9.88. The molecule has 1 amide bonds. The van der Waals surface area contributed by atoms with Gasteiger partial charge in [0.2, 0.25) is 10.0 Å². The molecule has 3 aromatic rings. The lowest BCUT2D eigenvalue weighted by Crippen LogP contribution is -2.62. The lowest BCUT2D eigenvalue weighted by molar-refractivity contribution is -0.278. The van der Waals surface area contributed by atoms with Gasteiger partial charge in [0.15, 0.2) is 0 Å². The number of hydrogen-bond acceptors (Lipinski definition) is 9. The summed E-state index contributed by atoms with van der Waals surface area (Å²) >= 11 is 0. The summed E-state index contributed by atoms with van der Waals surface area (Å²) in [5, 5.41) is 33.6. The number of aliphatic hydroxyl groups excluding tert-OH is 1. The number of aliphatic hydroxyl groups is 1. The van der Waals surface area contributed by atoms with Crippen LogP contribution in [0.4, 0.5) is 4.79 Å². The minimum atomic E-state index is -4.21. The highest BCUT2D eigenvalue weighted by atomic mass is 32.2. The molecule has 3 aromatic carbocycles. The SMILES string of the molecule is CC(C)(CCC#N)CN(C[C@@H](O)[C@H](Cc1ccccc1)N(C(=O)[O-])C1COCOC1)S(=O)(=O)c1ccc(OCc2ccccc2)cc1. The van der Waals surface area contributed by atoms with E-state index in [1.54, 1.807) is 24.3 Å². The number of benzene rings is 3. The normalized spacial score (nSPS) is 15.5. The molecule has 0 saturated carbocycles. The van der Waals surface area contributed by atoms with E-state index in [0.29, 0.717) is 18.8 Å². The van der Waals surface area contributed by atoms with Gasteiger partial charge in [0.25, 0.3) is 0 Å². The summed E-state index contributed by atoms with van der Waals surface area (Å²) in [7, 11) is -4.21. The van der Waals surface area contributed by atoms with Gasteiger partial charge in [-0.05, 0) is 53.6 Å². The summed E-state index contributed by atoms with van der Waals surface area (Å²) in [6.07, 6.45) is -2.28. The van der Waals surface area contributed by atoms with Crippen molar-refractivity contribution in [3.8, 4) is 11.8 Å². The van der Waals surface area contributed by atoms with Gasteiger partial charge in [-0.1, -0.05) is 74.5 Å². The molecule has 1 fully saturated rings. The predicted octanol–water partition coefficient (Wildman–Crippen LogP) is 3.58. The van der Waals surface area contributed by atoms with E-state index in [1.807, 2.05) is 62.4 Å². The molecular formula is C35H42N3O8S-. The summed E-state index contributed by atoms with van der Waals surface area (Å²) in [5.74, 6) is 0.484. The molecule has 11 nitrogen and oxygen atoms in total. The minimum absolute atomic E-state index is 0.0155. The maximum atomic E-state index is 14.2. The van der Waals surface area contributed by atoms with E-state index in [2.05, 4.69) is 6.07 Å². The number of rotatable bonds is 16. The van der Waals surface area contributed by atoms with E-state index in [0.717, 1.165) is 16.0 Å². The van der Waals surface area contributed by atoms with Gasteiger partial charge in [-0.25, -0.2) is 8.42 Å². The quantitative estimate of drug-likeness (QED) is 0.242. The maximum Gasteiger partial charge on any atom is 0.243 e. The Balaban J connectivity index is 1.64. The van der Waals surface area contributed by atoms with E-state index < -0.39 is 46.3 Å². The van der Waals surface area contributed by atoms with Gasteiger partial charge in [-0.3, -0.25) is 0 Å². The Labute approximate surface area is 277 Å². The van der Waals surface area contributed by atoms with Crippen molar-refractivity contribution in [2.45, 2.75) is 62.8 Å². The number of carbonyl (C=O) groups is 1. The van der Waals surface area contributed by atoms with Crippen LogP contribution in [0, 0.1) is 16.7 Å². The van der Waals surface area contributed by atoms with E-state index in [4.69, 9.17) is 14.2 Å². The standard InChI is InChI=1S/C35H43N3O8S/c1-35(2,18-9-19-36)25-37(47(42,43)31-16-14-30(15-17-31)46-22-28-12-7-4-8-13-28)21-33(39)32(20-27-10-5-3-6-11-27)38(34(40)41)29-23-44-26-45-24-29/h3-8,10-17,29,32-33,39H,9,18,20-26H2,1-2H3,(H,40,41)/p-1/t32-,33+/m0/s1. The molecule has 0 bridgehead atoms. The average molecular weight is 665 g/mol. The summed E-state index contributed by atoms with van der Waals surface area (Å²) in [6.45, 7) is 3.66. The van der Waals surface area contributed by atoms with E-state index in [1.165, 1.54) is 16.4 Å². The summed E-state index contributed by atoms with van der Waals surface area (Å²) in [6, 6.07) is 24.9. The average Bonchev–Trinajstić information content (AvgIpc) is 3.07. The summed E-state index contributed by atoms with van der Waals surface area (Å²) in [5.41, 5.74) is 1.07. The van der Waals surface area contributed by atoms with Crippen molar-refractivity contribution >= 4 is 16.1 Å². The first kappa shape index (κ1) is 35.9. The van der Waals surface area contributed by atoms with Crippen LogP contribution in [-0.2, 0) is 32.5 Å². The molecule has 1 N–H and O–H groups in total. The monoisotopic (exact) mass is 664 g/mol. The molecule has 0 unspecified atom stereocenters. The molecule has 0 radical (unpaired) electrons. The Kier molecular flexibility index (Phi) is 12.8. The zero-order valence-corrected chi connectivity index (χ0v) is 27.6. The van der Waals surface area contributed by atoms with Crippen molar-refractivity contribution in [3.05, 3.63) is 96.1 Å². The van der Waals surface area contributed by atoms with Crippen molar-refractivity contribution in [1.29, 1.82) is 5.26 Å². The van der Waals surface area contributed by atoms with Crippen LogP contribution >= 0.6 is 0 Å². The highest BCUT2D eigenvalue weighted by molar-refractivity contribution is 7.89. The van der Waals surface area contributed by atoms with Crippen LogP contribution in [0.3, 0.4) is 0 Å². The van der Waals surface area contributed by atoms with E-state index in [9.17, 15) is 28.7 Å². The van der Waals surface area contributed by atoms with Gasteiger partial charge in [-0.2, -0.15) is 9.57 Å². The molecule has 1 aliphatic rings. The Morgan fingerprint density at radius 3 is 2.19 bits per heavy atom. The highest BCUT2D eigenvalue weighted by Gasteiger charge is 2.38. The number of carboxylic acid groups (broad SMARTS) is 1. The number of nitriles is 1. The molecule has 2 atom stereocenters. The molecular weight excluding hydrogens is 622 g/mol. The second-order valence-electron chi connectivity index (χ2n) is 12.4. The van der Waals surface area contributed by atoms with Crippen molar-refractivity contribution < 1.29 is 37.6 Å². The number of nitrogens with zero attached hydrogens (tertiary/aromatic N) is 3. The zero-order chi connectivity index (χ0) is 33.9. The van der Waals surface area contributed by atoms with Crippen molar-refractivity contribution in [2.75, 3.05) is 33.1 Å². The largest absolute Gasteiger partial charge is 0.530 e. The highest BCUT2D eigenvalue weighted by Crippen LogP contribution is 2.29. The molecule has 252 valence electrons. The molecule has 1 aliphatic heterocycles. The Bertz CT molecular complexity index is 1560. The van der Waals surface area contributed by atoms with E-state index >= 15 is 0 Å². The van der Waals surface area contributed by atoms with E-state index in [-0.39, 0.29) is 44.3 Å². The Morgan fingerprint density at radius 1 is 1.02 bits per heavy atom. The molecule has 1 saturated heterocycles. The van der Waals surface area contributed by atoms with Crippen molar-refractivity contribution in [2.24, 2.45) is 5.41 Å². The minimum Gasteiger partial charge on any atom is -0.530 e. The topological polar surface area (TPSA) is 152 Å². The first-order chi connectivity index (χ1) is 22.5. The zero-order valence-electron chi connectivity index (χ0n) is 26.7. The summed E-state index contributed by atoms with van der Waals surface area (Å²) in [4.78, 5) is 13.6. The smallest absolute Gasteiger partial charge is 0.243 e. The number of carbonyl (C=O) groups excluding carboxylic acids is 1. The van der Waals surface area contributed by atoms with Crippen LogP contribution in [0.25, 0.3) is 0 Å². The van der Waals surface area contributed by atoms with Crippen LogP contribution in [0.1, 0.15) is 37.8 Å². The fraction of sp³-hybridized carbons (Fsp3) is 0.429. The number of hydrogen-bond donors (Lipinski definition) is 1. The third-order valence-electron chi connectivity index (χ3n) is 8.10. The molecule has 47 heavy (non-hydrogen) atoms. The first-order valence-corrected chi connectivity index (χ1v) is 16.9. The second kappa shape index (κ2) is 16.7. The molecule has 0 spiro atoms. The van der Waals surface area contributed by atoms with Crippen LogP contribution < -0.4 is 9.84 Å². The van der Waals surface area contributed by atoms with Crippen molar-refractivity contribution in [3.63, 3.8) is 0 Å². The van der Waals surface area contributed by atoms with Gasteiger partial charge in [0.1, 0.15) is 25.2 Å². The number of ether oxygens (including phenoxy) is 3. The fourth-order valence-electron chi connectivity index (χ4n) is 5.59. The van der Waals surface area contributed by atoms with Crippen LogP contribution in [0.5, 0.6) is 5.75 Å². The molecule has 12 heteroatoms. The van der Waals surface area contributed by atoms with Gasteiger partial charge in [0.05, 0.1) is 42.4 Å². The molecule has 1 heterocycles. The van der Waals surface area contributed by atoms with Gasteiger partial charge < -0.3 is 34.1 Å². The van der Waals surface area contributed by atoms with Crippen LogP contribution in [0.2, 0.25) is 0 Å². The van der Waals surface area contributed by atoms with Crippen LogP contribution in [0.15, 0.2) is 89.8 Å². The van der Waals surface area contributed by atoms with Crippen molar-refractivity contribution in [1.82, 2.24) is 9.21 Å². The first-order valence-electron chi connectivity index (χ1n) is 15.5. The Morgan fingerprint density at radius 2 is 1.62 bits per heavy atom. The lowest BCUT2D eigenvalue weighted by Gasteiger charge is -2.44. The van der Waals surface area contributed by atoms with Gasteiger partial charge >= 0.3 is 0 Å². The maximum absolute atomic E-state index is 14.2. The summed E-state index contributed by atoms with van der Waals surface area (Å²) < 4.78 is 46.2. The molecule has 4 rings (SSSR count). The fourth-order valence-corrected chi connectivity index (χ4v) is 7.24. The second-order valence-corrected chi connectivity index (χ2v) is 14.3. The molecule has 0 aromatic heterocycles. The predicted molar refractivity (Wildman–Crippen MR) is 172 cm³/mol. The molecule has 0 aliphatic carbocycles. The van der Waals surface area contributed by atoms with Gasteiger partial charge in [-0.15, -0.1) is 0 Å². The third-order valence-corrected chi connectivity index (χ3v) is 9.92. The van der Waals surface area contributed by atoms with Crippen LogP contribution in [-0.4, -0.2) is 80.1 Å². The number of sulfonamides is 1. The Hall–Kier alpha value is -3.99. The number of amides is 1. The van der Waals surface area contributed by atoms with Gasteiger partial charge in [0, 0.05) is 19.5 Å².